The molecular weight excluding hydrogens is 244 g/mol. The van der Waals surface area contributed by atoms with E-state index in [1.54, 1.807) is 0 Å². The maximum Gasteiger partial charge on any atom is 0.328 e. The molecule has 0 aromatic heterocycles. The molecule has 0 atom stereocenters. The molecule has 0 heterocycles. The van der Waals surface area contributed by atoms with Gasteiger partial charge in [0.1, 0.15) is 5.54 Å². The number of urea groups is 1. The molecule has 0 fully saturated rings. The number of rotatable bonds is 10. The van der Waals surface area contributed by atoms with Gasteiger partial charge in [-0.2, -0.15) is 0 Å². The number of aliphatic carboxylic acids is 1. The molecule has 0 unspecified atom stereocenters. The average molecular weight is 272 g/mol. The highest BCUT2D eigenvalue weighted by Crippen LogP contribution is 2.06. The van der Waals surface area contributed by atoms with Crippen LogP contribution in [0.5, 0.6) is 0 Å². The van der Waals surface area contributed by atoms with Crippen LogP contribution in [0.15, 0.2) is 0 Å². The molecule has 5 heteroatoms. The van der Waals surface area contributed by atoms with Crippen molar-refractivity contribution >= 4 is 12.0 Å². The van der Waals surface area contributed by atoms with Gasteiger partial charge in [0.15, 0.2) is 0 Å². The lowest BCUT2D eigenvalue weighted by Gasteiger charge is -2.21. The maximum absolute atomic E-state index is 11.5. The molecule has 3 N–H and O–H groups in total. The molecule has 0 saturated carbocycles. The van der Waals surface area contributed by atoms with Crippen LogP contribution in [0.2, 0.25) is 0 Å². The van der Waals surface area contributed by atoms with E-state index in [4.69, 9.17) is 5.11 Å². The smallest absolute Gasteiger partial charge is 0.328 e. The third-order valence-electron chi connectivity index (χ3n) is 3.03. The molecule has 19 heavy (non-hydrogen) atoms. The topological polar surface area (TPSA) is 78.4 Å². The molecule has 0 aromatic carbocycles. The van der Waals surface area contributed by atoms with E-state index in [0.717, 1.165) is 12.8 Å². The SMILES string of the molecule is CCCCCCCCCNC(=O)NC(C)(C)C(=O)O. The van der Waals surface area contributed by atoms with Crippen LogP contribution in [0.4, 0.5) is 4.79 Å². The third kappa shape index (κ3) is 9.33. The quantitative estimate of drug-likeness (QED) is 0.535. The highest BCUT2D eigenvalue weighted by molar-refractivity contribution is 5.85. The Kier molecular flexibility index (Phi) is 9.00. The van der Waals surface area contributed by atoms with E-state index in [2.05, 4.69) is 17.6 Å². The van der Waals surface area contributed by atoms with Gasteiger partial charge >= 0.3 is 12.0 Å². The Morgan fingerprint density at radius 1 is 1.00 bits per heavy atom. The zero-order valence-corrected chi connectivity index (χ0v) is 12.4. The van der Waals surface area contributed by atoms with Crippen molar-refractivity contribution in [2.24, 2.45) is 0 Å². The average Bonchev–Trinajstić information content (AvgIpc) is 2.31. The van der Waals surface area contributed by atoms with E-state index in [9.17, 15) is 9.59 Å². The highest BCUT2D eigenvalue weighted by atomic mass is 16.4. The van der Waals surface area contributed by atoms with Crippen LogP contribution < -0.4 is 10.6 Å². The number of carboxylic acids is 1. The minimum atomic E-state index is -1.23. The van der Waals surface area contributed by atoms with Crippen molar-refractivity contribution in [1.82, 2.24) is 10.6 Å². The Labute approximate surface area is 116 Å². The summed E-state index contributed by atoms with van der Waals surface area (Å²) < 4.78 is 0. The summed E-state index contributed by atoms with van der Waals surface area (Å²) in [4.78, 5) is 22.3. The number of unbranched alkanes of at least 4 members (excludes halogenated alkanes) is 6. The Morgan fingerprint density at radius 3 is 2.05 bits per heavy atom. The summed E-state index contributed by atoms with van der Waals surface area (Å²) in [6.07, 6.45) is 8.33. The van der Waals surface area contributed by atoms with Gasteiger partial charge in [0.25, 0.3) is 0 Å². The monoisotopic (exact) mass is 272 g/mol. The van der Waals surface area contributed by atoms with Crippen LogP contribution >= 0.6 is 0 Å². The zero-order chi connectivity index (χ0) is 14.7. The van der Waals surface area contributed by atoms with Crippen LogP contribution in [0, 0.1) is 0 Å². The molecule has 0 aromatic rings. The normalized spacial score (nSPS) is 11.1. The van der Waals surface area contributed by atoms with Crippen molar-refractivity contribution < 1.29 is 14.7 Å². The fraction of sp³-hybridized carbons (Fsp3) is 0.857. The number of hydrogen-bond acceptors (Lipinski definition) is 2. The van der Waals surface area contributed by atoms with E-state index in [0.29, 0.717) is 6.54 Å². The second-order valence-electron chi connectivity index (χ2n) is 5.43. The second-order valence-corrected chi connectivity index (χ2v) is 5.43. The van der Waals surface area contributed by atoms with Crippen molar-refractivity contribution in [2.75, 3.05) is 6.54 Å². The Bertz CT molecular complexity index is 278. The van der Waals surface area contributed by atoms with Crippen molar-refractivity contribution in [2.45, 2.75) is 71.3 Å². The molecule has 0 saturated heterocycles. The first-order valence-corrected chi connectivity index (χ1v) is 7.19. The maximum atomic E-state index is 11.5. The van der Waals surface area contributed by atoms with Gasteiger partial charge in [-0.3, -0.25) is 0 Å². The number of carbonyl (C=O) groups is 2. The van der Waals surface area contributed by atoms with Crippen LogP contribution in [-0.2, 0) is 4.79 Å². The molecule has 0 radical (unpaired) electrons. The molecule has 0 rings (SSSR count). The predicted octanol–water partition coefficient (Wildman–Crippen LogP) is 2.90. The van der Waals surface area contributed by atoms with Crippen molar-refractivity contribution in [1.29, 1.82) is 0 Å². The summed E-state index contributed by atoms with van der Waals surface area (Å²) >= 11 is 0. The van der Waals surface area contributed by atoms with Gasteiger partial charge < -0.3 is 15.7 Å². The van der Waals surface area contributed by atoms with Crippen LogP contribution in [0.1, 0.15) is 65.7 Å². The molecule has 0 aliphatic carbocycles. The molecule has 0 aliphatic rings. The van der Waals surface area contributed by atoms with Crippen molar-refractivity contribution in [3.63, 3.8) is 0 Å². The van der Waals surface area contributed by atoms with E-state index in [-0.39, 0.29) is 0 Å². The number of amides is 2. The van der Waals surface area contributed by atoms with Crippen molar-refractivity contribution in [3.05, 3.63) is 0 Å². The van der Waals surface area contributed by atoms with E-state index < -0.39 is 17.5 Å². The number of hydrogen-bond donors (Lipinski definition) is 3. The summed E-state index contributed by atoms with van der Waals surface area (Å²) in [6, 6.07) is -0.418. The Balaban J connectivity index is 3.52. The summed E-state index contributed by atoms with van der Waals surface area (Å²) in [5.41, 5.74) is -1.23. The number of nitrogens with one attached hydrogen (secondary N) is 2. The van der Waals surface area contributed by atoms with Crippen molar-refractivity contribution in [3.8, 4) is 0 Å². The summed E-state index contributed by atoms with van der Waals surface area (Å²) in [5.74, 6) is -1.04. The summed E-state index contributed by atoms with van der Waals surface area (Å²) in [7, 11) is 0. The van der Waals surface area contributed by atoms with Gasteiger partial charge in [0.2, 0.25) is 0 Å². The Hall–Kier alpha value is -1.26. The van der Waals surface area contributed by atoms with E-state index in [1.165, 1.54) is 46.0 Å². The first-order valence-electron chi connectivity index (χ1n) is 7.19. The summed E-state index contributed by atoms with van der Waals surface area (Å²) in [5, 5.41) is 14.0. The van der Waals surface area contributed by atoms with E-state index >= 15 is 0 Å². The third-order valence-corrected chi connectivity index (χ3v) is 3.03. The van der Waals surface area contributed by atoms with Gasteiger partial charge in [0.05, 0.1) is 0 Å². The lowest BCUT2D eigenvalue weighted by Crippen LogP contribution is -2.53. The highest BCUT2D eigenvalue weighted by Gasteiger charge is 2.28. The predicted molar refractivity (Wildman–Crippen MR) is 76.2 cm³/mol. The number of carboxylic acid groups (broad SMARTS) is 1. The zero-order valence-electron chi connectivity index (χ0n) is 12.4. The second kappa shape index (κ2) is 9.64. The van der Waals surface area contributed by atoms with Gasteiger partial charge in [-0.15, -0.1) is 0 Å². The van der Waals surface area contributed by atoms with Crippen LogP contribution in [0.3, 0.4) is 0 Å². The summed E-state index contributed by atoms with van der Waals surface area (Å²) in [6.45, 7) is 5.71. The largest absolute Gasteiger partial charge is 0.480 e. The Morgan fingerprint density at radius 2 is 1.53 bits per heavy atom. The molecule has 5 nitrogen and oxygen atoms in total. The standard InChI is InChI=1S/C14H28N2O3/c1-4-5-6-7-8-9-10-11-15-13(19)16-14(2,3)12(17)18/h4-11H2,1-3H3,(H,17,18)(H2,15,16,19). The molecule has 2 amide bonds. The molecule has 0 bridgehead atoms. The lowest BCUT2D eigenvalue weighted by molar-refractivity contribution is -0.142. The fourth-order valence-corrected chi connectivity index (χ4v) is 1.67. The molecule has 0 aliphatic heterocycles. The first kappa shape index (κ1) is 17.7. The van der Waals surface area contributed by atoms with E-state index in [1.807, 2.05) is 0 Å². The number of carbonyl (C=O) groups excluding carboxylic acids is 1. The molecular formula is C14H28N2O3. The molecule has 112 valence electrons. The minimum absolute atomic E-state index is 0.418. The molecule has 0 spiro atoms. The van der Waals surface area contributed by atoms with Gasteiger partial charge in [-0.05, 0) is 20.3 Å². The first-order chi connectivity index (χ1) is 8.90. The fourth-order valence-electron chi connectivity index (χ4n) is 1.67. The van der Waals surface area contributed by atoms with Crippen LogP contribution in [-0.4, -0.2) is 29.2 Å². The lowest BCUT2D eigenvalue weighted by atomic mass is 10.1. The van der Waals surface area contributed by atoms with Gasteiger partial charge in [0, 0.05) is 6.54 Å². The van der Waals surface area contributed by atoms with Crippen LogP contribution in [0.25, 0.3) is 0 Å². The van der Waals surface area contributed by atoms with Gasteiger partial charge in [-0.1, -0.05) is 45.4 Å². The minimum Gasteiger partial charge on any atom is -0.480 e. The van der Waals surface area contributed by atoms with Gasteiger partial charge in [-0.25, -0.2) is 9.59 Å².